The van der Waals surface area contributed by atoms with Crippen molar-refractivity contribution in [3.63, 3.8) is 0 Å². The fourth-order valence-corrected chi connectivity index (χ4v) is 1.61. The minimum Gasteiger partial charge on any atom is -0.439 e. The summed E-state index contributed by atoms with van der Waals surface area (Å²) in [6, 6.07) is 3.28. The smallest absolute Gasteiger partial charge is 0.209 e. The Balaban J connectivity index is 2.75. The molecule has 2 aromatic rings. The molecule has 1 aromatic heterocycles. The van der Waals surface area contributed by atoms with Crippen molar-refractivity contribution in [1.29, 1.82) is 0 Å². The van der Waals surface area contributed by atoms with E-state index < -0.39 is 0 Å². The van der Waals surface area contributed by atoms with Crippen LogP contribution in [-0.2, 0) is 6.54 Å². The number of halogens is 2. The van der Waals surface area contributed by atoms with Crippen LogP contribution in [0.4, 0.5) is 0 Å². The van der Waals surface area contributed by atoms with Gasteiger partial charge in [0.1, 0.15) is 5.52 Å². The highest BCUT2D eigenvalue weighted by atomic mass is 35.5. The van der Waals surface area contributed by atoms with Gasteiger partial charge in [0.25, 0.3) is 0 Å². The van der Waals surface area contributed by atoms with Crippen LogP contribution in [0.25, 0.3) is 11.1 Å². The van der Waals surface area contributed by atoms with Gasteiger partial charge in [-0.05, 0) is 6.07 Å². The van der Waals surface area contributed by atoms with E-state index >= 15 is 0 Å². The Bertz CT molecular complexity index is 453. The summed E-state index contributed by atoms with van der Waals surface area (Å²) < 4.78 is 5.27. The van der Waals surface area contributed by atoms with Crippen LogP contribution >= 0.6 is 23.2 Å². The predicted molar refractivity (Wildman–Crippen MR) is 51.9 cm³/mol. The number of oxazole rings is 1. The topological polar surface area (TPSA) is 52.0 Å². The van der Waals surface area contributed by atoms with Crippen LogP contribution in [0.5, 0.6) is 0 Å². The van der Waals surface area contributed by atoms with Gasteiger partial charge in [-0.2, -0.15) is 0 Å². The van der Waals surface area contributed by atoms with Gasteiger partial charge >= 0.3 is 0 Å². The fourth-order valence-electron chi connectivity index (χ4n) is 1.09. The molecule has 0 atom stereocenters. The number of aromatic nitrogens is 1. The van der Waals surface area contributed by atoms with Crippen LogP contribution in [0.2, 0.25) is 10.0 Å². The maximum atomic E-state index is 5.88. The average molecular weight is 217 g/mol. The zero-order valence-electron chi connectivity index (χ0n) is 6.55. The highest BCUT2D eigenvalue weighted by Gasteiger charge is 2.08. The first-order valence-electron chi connectivity index (χ1n) is 3.65. The maximum absolute atomic E-state index is 5.88. The van der Waals surface area contributed by atoms with Gasteiger partial charge in [0.05, 0.1) is 11.6 Å². The number of nitrogens with zero attached hydrogens (tertiary/aromatic N) is 1. The van der Waals surface area contributed by atoms with Crippen molar-refractivity contribution in [3.05, 3.63) is 28.1 Å². The van der Waals surface area contributed by atoms with Crippen LogP contribution in [0.15, 0.2) is 16.5 Å². The molecule has 3 nitrogen and oxygen atoms in total. The Morgan fingerprint density at radius 2 is 2.15 bits per heavy atom. The predicted octanol–water partition coefficient (Wildman–Crippen LogP) is 2.59. The summed E-state index contributed by atoms with van der Waals surface area (Å²) >= 11 is 11.7. The summed E-state index contributed by atoms with van der Waals surface area (Å²) in [6.07, 6.45) is 0. The van der Waals surface area contributed by atoms with E-state index in [9.17, 15) is 0 Å². The molecule has 0 saturated heterocycles. The van der Waals surface area contributed by atoms with Crippen LogP contribution < -0.4 is 5.73 Å². The molecule has 0 saturated carbocycles. The van der Waals surface area contributed by atoms with Crippen molar-refractivity contribution in [3.8, 4) is 0 Å². The highest BCUT2D eigenvalue weighted by Crippen LogP contribution is 2.27. The number of hydrogen-bond acceptors (Lipinski definition) is 3. The van der Waals surface area contributed by atoms with E-state index in [1.54, 1.807) is 12.1 Å². The molecule has 1 heterocycles. The lowest BCUT2D eigenvalue weighted by Crippen LogP contribution is -1.95. The summed E-state index contributed by atoms with van der Waals surface area (Å²) in [5.74, 6) is 0.458. The van der Waals surface area contributed by atoms with E-state index in [1.807, 2.05) is 0 Å². The molecule has 0 amide bonds. The number of benzene rings is 1. The molecule has 0 aliphatic carbocycles. The molecule has 0 radical (unpaired) electrons. The van der Waals surface area contributed by atoms with Crippen LogP contribution in [-0.4, -0.2) is 4.98 Å². The number of fused-ring (bicyclic) bond motifs is 1. The van der Waals surface area contributed by atoms with Crippen molar-refractivity contribution >= 4 is 34.3 Å². The number of nitrogens with two attached hydrogens (primary N) is 1. The molecule has 0 bridgehead atoms. The molecule has 1 aromatic carbocycles. The zero-order chi connectivity index (χ0) is 9.42. The standard InChI is InChI=1S/C8H6Cl2N2O/c9-4-1-5(10)8-6(2-4)13-7(3-11)12-8/h1-2H,3,11H2. The third-order valence-corrected chi connectivity index (χ3v) is 2.14. The van der Waals surface area contributed by atoms with Crippen molar-refractivity contribution in [1.82, 2.24) is 4.98 Å². The molecule has 0 fully saturated rings. The Morgan fingerprint density at radius 3 is 2.85 bits per heavy atom. The second-order valence-electron chi connectivity index (χ2n) is 2.55. The summed E-state index contributed by atoms with van der Waals surface area (Å²) in [5, 5.41) is 1.00. The van der Waals surface area contributed by atoms with E-state index in [4.69, 9.17) is 33.4 Å². The van der Waals surface area contributed by atoms with Crippen molar-refractivity contribution in [2.45, 2.75) is 6.54 Å². The van der Waals surface area contributed by atoms with Crippen molar-refractivity contribution < 1.29 is 4.42 Å². The van der Waals surface area contributed by atoms with Crippen LogP contribution in [0.1, 0.15) is 5.89 Å². The lowest BCUT2D eigenvalue weighted by molar-refractivity contribution is 0.533. The molecular formula is C8H6Cl2N2O. The number of hydrogen-bond donors (Lipinski definition) is 1. The molecular weight excluding hydrogens is 211 g/mol. The fraction of sp³-hybridized carbons (Fsp3) is 0.125. The number of rotatable bonds is 1. The Hall–Kier alpha value is -0.770. The summed E-state index contributed by atoms with van der Waals surface area (Å²) in [5.41, 5.74) is 6.54. The van der Waals surface area contributed by atoms with E-state index in [0.29, 0.717) is 27.0 Å². The molecule has 2 rings (SSSR count). The Labute approximate surface area is 84.4 Å². The largest absolute Gasteiger partial charge is 0.439 e. The lowest BCUT2D eigenvalue weighted by Gasteiger charge is -1.91. The lowest BCUT2D eigenvalue weighted by atomic mass is 10.3. The molecule has 2 N–H and O–H groups in total. The summed E-state index contributed by atoms with van der Waals surface area (Å²) in [4.78, 5) is 4.09. The molecule has 0 aliphatic heterocycles. The van der Waals surface area contributed by atoms with E-state index in [0.717, 1.165) is 0 Å². The molecule has 68 valence electrons. The molecule has 13 heavy (non-hydrogen) atoms. The molecule has 5 heteroatoms. The van der Waals surface area contributed by atoms with Crippen molar-refractivity contribution in [2.75, 3.05) is 0 Å². The summed E-state index contributed by atoms with van der Waals surface area (Å²) in [6.45, 7) is 0.253. The van der Waals surface area contributed by atoms with E-state index in [-0.39, 0.29) is 6.54 Å². The van der Waals surface area contributed by atoms with E-state index in [1.165, 1.54) is 0 Å². The van der Waals surface area contributed by atoms with Gasteiger partial charge in [-0.15, -0.1) is 0 Å². The van der Waals surface area contributed by atoms with Gasteiger partial charge < -0.3 is 10.2 Å². The Morgan fingerprint density at radius 1 is 1.38 bits per heavy atom. The molecule has 0 spiro atoms. The molecule has 0 unspecified atom stereocenters. The highest BCUT2D eigenvalue weighted by molar-refractivity contribution is 6.38. The minimum atomic E-state index is 0.253. The quantitative estimate of drug-likeness (QED) is 0.798. The average Bonchev–Trinajstić information content (AvgIpc) is 2.47. The minimum absolute atomic E-state index is 0.253. The molecule has 0 aliphatic rings. The van der Waals surface area contributed by atoms with E-state index in [2.05, 4.69) is 4.98 Å². The second kappa shape index (κ2) is 3.18. The van der Waals surface area contributed by atoms with Crippen molar-refractivity contribution in [2.24, 2.45) is 5.73 Å². The zero-order valence-corrected chi connectivity index (χ0v) is 8.06. The van der Waals surface area contributed by atoms with Gasteiger partial charge in [0.15, 0.2) is 5.58 Å². The van der Waals surface area contributed by atoms with Gasteiger partial charge in [-0.1, -0.05) is 23.2 Å². The Kier molecular flexibility index (Phi) is 2.15. The maximum Gasteiger partial charge on any atom is 0.209 e. The first-order chi connectivity index (χ1) is 6.20. The third-order valence-electron chi connectivity index (χ3n) is 1.63. The SMILES string of the molecule is NCc1nc2c(Cl)cc(Cl)cc2o1. The third kappa shape index (κ3) is 1.50. The summed E-state index contributed by atoms with van der Waals surface area (Å²) in [7, 11) is 0. The van der Waals surface area contributed by atoms with Crippen LogP contribution in [0, 0.1) is 0 Å². The normalized spacial score (nSPS) is 11.0. The van der Waals surface area contributed by atoms with Gasteiger partial charge in [-0.25, -0.2) is 4.98 Å². The van der Waals surface area contributed by atoms with Gasteiger partial charge in [-0.3, -0.25) is 0 Å². The first kappa shape index (κ1) is 8.81. The van der Waals surface area contributed by atoms with Gasteiger partial charge in [0.2, 0.25) is 5.89 Å². The first-order valence-corrected chi connectivity index (χ1v) is 4.41. The van der Waals surface area contributed by atoms with Gasteiger partial charge in [0, 0.05) is 11.1 Å². The second-order valence-corrected chi connectivity index (χ2v) is 3.39. The monoisotopic (exact) mass is 216 g/mol. The van der Waals surface area contributed by atoms with Crippen LogP contribution in [0.3, 0.4) is 0 Å².